The summed E-state index contributed by atoms with van der Waals surface area (Å²) in [4.78, 5) is 26.0. The first-order valence-corrected chi connectivity index (χ1v) is 8.50. The molecule has 2 aliphatic rings. The summed E-state index contributed by atoms with van der Waals surface area (Å²) in [7, 11) is 0. The molecule has 27 heavy (non-hydrogen) atoms. The molecule has 8 nitrogen and oxygen atoms in total. The first kappa shape index (κ1) is 17.2. The van der Waals surface area contributed by atoms with Crippen LogP contribution in [0.4, 0.5) is 10.5 Å². The number of hydrogen-bond donors (Lipinski definition) is 2. The minimum atomic E-state index is -2.17. The summed E-state index contributed by atoms with van der Waals surface area (Å²) in [6.07, 6.45) is -0.878. The molecule has 0 spiro atoms. The van der Waals surface area contributed by atoms with Gasteiger partial charge in [-0.15, -0.1) is 0 Å². The number of amides is 2. The molecule has 2 N–H and O–H groups in total. The Hall–Kier alpha value is -3.26. The van der Waals surface area contributed by atoms with Crippen molar-refractivity contribution in [3.63, 3.8) is 0 Å². The van der Waals surface area contributed by atoms with Crippen LogP contribution in [0.1, 0.15) is 12.0 Å². The monoisotopic (exact) mass is 370 g/mol. The van der Waals surface area contributed by atoms with Gasteiger partial charge in [-0.25, -0.2) is 4.79 Å². The number of para-hydroxylation sites is 1. The maximum absolute atomic E-state index is 12.5. The molecule has 1 fully saturated rings. The highest BCUT2D eigenvalue weighted by Gasteiger charge is 2.49. The van der Waals surface area contributed by atoms with E-state index in [2.05, 4.69) is 5.32 Å². The molecule has 4 rings (SSSR count). The average Bonchev–Trinajstić information content (AvgIpc) is 3.25. The van der Waals surface area contributed by atoms with Crippen molar-refractivity contribution in [2.75, 3.05) is 18.2 Å². The molecular weight excluding hydrogens is 352 g/mol. The number of carbonyl (C=O) groups is 2. The number of carbonyl (C=O) groups excluding carboxylic acids is 2. The molecule has 2 amide bonds. The first-order chi connectivity index (χ1) is 13.0. The third-order valence-corrected chi connectivity index (χ3v) is 4.46. The lowest BCUT2D eigenvalue weighted by Crippen LogP contribution is -2.46. The van der Waals surface area contributed by atoms with Gasteiger partial charge in [0, 0.05) is 25.2 Å². The Labute approximate surface area is 155 Å². The first-order valence-electron chi connectivity index (χ1n) is 8.50. The number of anilines is 1. The second kappa shape index (κ2) is 6.81. The maximum atomic E-state index is 12.5. The molecule has 1 saturated heterocycles. The van der Waals surface area contributed by atoms with Crippen LogP contribution < -0.4 is 19.7 Å². The van der Waals surface area contributed by atoms with Crippen molar-refractivity contribution >= 4 is 17.7 Å². The van der Waals surface area contributed by atoms with Crippen LogP contribution in [0.2, 0.25) is 0 Å². The van der Waals surface area contributed by atoms with E-state index < -0.39 is 17.8 Å². The largest absolute Gasteiger partial charge is 0.454 e. The number of rotatable bonds is 4. The van der Waals surface area contributed by atoms with Crippen molar-refractivity contribution in [2.24, 2.45) is 0 Å². The molecule has 0 aliphatic carbocycles. The van der Waals surface area contributed by atoms with Gasteiger partial charge < -0.3 is 29.5 Å². The minimum absolute atomic E-state index is 0.00181. The summed E-state index contributed by atoms with van der Waals surface area (Å²) >= 11 is 0. The molecule has 2 heterocycles. The van der Waals surface area contributed by atoms with Gasteiger partial charge in [-0.05, 0) is 29.8 Å². The second-order valence-corrected chi connectivity index (χ2v) is 6.26. The predicted octanol–water partition coefficient (Wildman–Crippen LogP) is 1.77. The lowest BCUT2D eigenvalue weighted by atomic mass is 10.2. The van der Waals surface area contributed by atoms with E-state index in [-0.39, 0.29) is 26.3 Å². The normalized spacial score (nSPS) is 20.6. The molecule has 2 aliphatic heterocycles. The van der Waals surface area contributed by atoms with Gasteiger partial charge in [0.05, 0.1) is 0 Å². The maximum Gasteiger partial charge on any atom is 0.410 e. The Morgan fingerprint density at radius 2 is 1.96 bits per heavy atom. The van der Waals surface area contributed by atoms with Crippen LogP contribution in [0.15, 0.2) is 48.5 Å². The molecule has 8 heteroatoms. The minimum Gasteiger partial charge on any atom is -0.454 e. The lowest BCUT2D eigenvalue weighted by Gasteiger charge is -2.22. The van der Waals surface area contributed by atoms with Crippen molar-refractivity contribution < 1.29 is 28.9 Å². The molecule has 2 aromatic carbocycles. The van der Waals surface area contributed by atoms with Gasteiger partial charge in [-0.2, -0.15) is 0 Å². The molecule has 140 valence electrons. The molecule has 0 bridgehead atoms. The molecule has 0 unspecified atom stereocenters. The highest BCUT2D eigenvalue weighted by molar-refractivity contribution is 6.01. The van der Waals surface area contributed by atoms with Gasteiger partial charge in [0.2, 0.25) is 6.79 Å². The quantitative estimate of drug-likeness (QED) is 0.796. The third kappa shape index (κ3) is 3.39. The summed E-state index contributed by atoms with van der Waals surface area (Å²) in [5.41, 5.74) is 1.41. The van der Waals surface area contributed by atoms with E-state index in [1.807, 2.05) is 6.07 Å². The van der Waals surface area contributed by atoms with Gasteiger partial charge in [-0.3, -0.25) is 4.79 Å². The SMILES string of the molecule is O=C(NCc1ccc2c(c1)OCO2)O[C@@]1(O)CCN(c2ccccc2)C1=O. The van der Waals surface area contributed by atoms with Crippen LogP contribution in [0.5, 0.6) is 11.5 Å². The molecular formula is C19H18N2O6. The molecule has 0 aromatic heterocycles. The van der Waals surface area contributed by atoms with Crippen LogP contribution in [-0.2, 0) is 16.1 Å². The smallest absolute Gasteiger partial charge is 0.410 e. The number of ether oxygens (including phenoxy) is 3. The number of aliphatic hydroxyl groups is 1. The summed E-state index contributed by atoms with van der Waals surface area (Å²) in [6, 6.07) is 14.2. The number of nitrogens with one attached hydrogen (secondary N) is 1. The van der Waals surface area contributed by atoms with Crippen LogP contribution >= 0.6 is 0 Å². The van der Waals surface area contributed by atoms with Crippen molar-refractivity contribution in [2.45, 2.75) is 18.8 Å². The standard InChI is InChI=1S/C19H18N2O6/c22-17-19(24,8-9-21(17)14-4-2-1-3-5-14)27-18(23)20-11-13-6-7-15-16(10-13)26-12-25-15/h1-7,10,24H,8-9,11-12H2,(H,20,23)/t19-/m0/s1. The van der Waals surface area contributed by atoms with Crippen LogP contribution in [0.25, 0.3) is 0 Å². The van der Waals surface area contributed by atoms with E-state index in [1.165, 1.54) is 4.90 Å². The summed E-state index contributed by atoms with van der Waals surface area (Å²) in [5.74, 6) is -1.58. The second-order valence-electron chi connectivity index (χ2n) is 6.26. The Morgan fingerprint density at radius 3 is 2.78 bits per heavy atom. The van der Waals surface area contributed by atoms with Gasteiger partial charge >= 0.3 is 6.09 Å². The molecule has 1 atom stereocenters. The molecule has 0 radical (unpaired) electrons. The van der Waals surface area contributed by atoms with Gasteiger partial charge in [0.25, 0.3) is 11.7 Å². The van der Waals surface area contributed by atoms with E-state index in [1.54, 1.807) is 42.5 Å². The van der Waals surface area contributed by atoms with E-state index in [9.17, 15) is 14.7 Å². The fourth-order valence-electron chi connectivity index (χ4n) is 3.05. The summed E-state index contributed by atoms with van der Waals surface area (Å²) in [6.45, 7) is 0.582. The average molecular weight is 370 g/mol. The van der Waals surface area contributed by atoms with Gasteiger partial charge in [0.15, 0.2) is 11.5 Å². The van der Waals surface area contributed by atoms with Crippen LogP contribution in [0, 0.1) is 0 Å². The van der Waals surface area contributed by atoms with Crippen molar-refractivity contribution in [3.8, 4) is 11.5 Å². The number of hydrogen-bond acceptors (Lipinski definition) is 6. The van der Waals surface area contributed by atoms with Gasteiger partial charge in [-0.1, -0.05) is 24.3 Å². The fourth-order valence-corrected chi connectivity index (χ4v) is 3.05. The van der Waals surface area contributed by atoms with Gasteiger partial charge in [0.1, 0.15) is 0 Å². The summed E-state index contributed by atoms with van der Waals surface area (Å²) in [5, 5.41) is 13.0. The highest BCUT2D eigenvalue weighted by Crippen LogP contribution is 2.32. The lowest BCUT2D eigenvalue weighted by molar-refractivity contribution is -0.175. The van der Waals surface area contributed by atoms with Crippen molar-refractivity contribution in [1.29, 1.82) is 0 Å². The fraction of sp³-hybridized carbons (Fsp3) is 0.263. The Morgan fingerprint density at radius 1 is 1.19 bits per heavy atom. The Kier molecular flexibility index (Phi) is 4.33. The summed E-state index contributed by atoms with van der Waals surface area (Å²) < 4.78 is 15.5. The number of alkyl carbamates (subject to hydrolysis) is 1. The predicted molar refractivity (Wildman–Crippen MR) is 94.2 cm³/mol. The zero-order valence-corrected chi connectivity index (χ0v) is 14.4. The van der Waals surface area contributed by atoms with E-state index in [4.69, 9.17) is 14.2 Å². The zero-order chi connectivity index (χ0) is 18.9. The molecule has 0 saturated carbocycles. The Balaban J connectivity index is 1.36. The van der Waals surface area contributed by atoms with Crippen LogP contribution in [0.3, 0.4) is 0 Å². The number of nitrogens with zero attached hydrogens (tertiary/aromatic N) is 1. The van der Waals surface area contributed by atoms with Crippen molar-refractivity contribution in [1.82, 2.24) is 5.32 Å². The highest BCUT2D eigenvalue weighted by atomic mass is 16.7. The van der Waals surface area contributed by atoms with Crippen molar-refractivity contribution in [3.05, 3.63) is 54.1 Å². The van der Waals surface area contributed by atoms with E-state index >= 15 is 0 Å². The van der Waals surface area contributed by atoms with E-state index in [0.717, 1.165) is 5.56 Å². The molecule has 2 aromatic rings. The third-order valence-electron chi connectivity index (χ3n) is 4.46. The zero-order valence-electron chi connectivity index (χ0n) is 14.4. The topological polar surface area (TPSA) is 97.3 Å². The number of benzene rings is 2. The Bertz CT molecular complexity index is 872. The van der Waals surface area contributed by atoms with E-state index in [0.29, 0.717) is 17.2 Å². The van der Waals surface area contributed by atoms with Crippen LogP contribution in [-0.4, -0.2) is 36.2 Å². The number of fused-ring (bicyclic) bond motifs is 1.